The van der Waals surface area contributed by atoms with Crippen LogP contribution in [0, 0.1) is 0 Å². The first kappa shape index (κ1) is 13.3. The molecule has 1 aliphatic rings. The third-order valence-electron chi connectivity index (χ3n) is 2.85. The predicted molar refractivity (Wildman–Crippen MR) is 68.3 cm³/mol. The quantitative estimate of drug-likeness (QED) is 0.855. The number of sulfonamides is 1. The van der Waals surface area contributed by atoms with Gasteiger partial charge in [0.25, 0.3) is 0 Å². The zero-order chi connectivity index (χ0) is 13.2. The van der Waals surface area contributed by atoms with E-state index in [1.54, 1.807) is 5.38 Å². The number of carboxylic acid groups (broad SMARTS) is 1. The van der Waals surface area contributed by atoms with Crippen molar-refractivity contribution in [2.24, 2.45) is 0 Å². The smallest absolute Gasteiger partial charge is 0.309 e. The third-order valence-corrected chi connectivity index (χ3v) is 5.62. The van der Waals surface area contributed by atoms with Gasteiger partial charge < -0.3 is 5.11 Å². The minimum absolute atomic E-state index is 0.193. The van der Waals surface area contributed by atoms with Crippen molar-refractivity contribution in [3.63, 3.8) is 0 Å². The van der Waals surface area contributed by atoms with Crippen molar-refractivity contribution in [1.29, 1.82) is 0 Å². The molecule has 0 bridgehead atoms. The maximum atomic E-state index is 12.0. The molecular weight excluding hydrogens is 276 g/mol. The SMILES string of the molecule is O=C(O)Cc1csc(NS(=O)(=O)C2CCCC2)n1. The summed E-state index contributed by atoms with van der Waals surface area (Å²) in [5.41, 5.74) is 0.372. The van der Waals surface area contributed by atoms with E-state index in [2.05, 4.69) is 9.71 Å². The van der Waals surface area contributed by atoms with Crippen LogP contribution >= 0.6 is 11.3 Å². The minimum atomic E-state index is -3.38. The minimum Gasteiger partial charge on any atom is -0.481 e. The second-order valence-electron chi connectivity index (χ2n) is 4.27. The highest BCUT2D eigenvalue weighted by atomic mass is 32.2. The summed E-state index contributed by atoms with van der Waals surface area (Å²) < 4.78 is 26.4. The van der Waals surface area contributed by atoms with E-state index in [1.807, 2.05) is 0 Å². The van der Waals surface area contributed by atoms with Crippen LogP contribution in [0.5, 0.6) is 0 Å². The topological polar surface area (TPSA) is 96.4 Å². The van der Waals surface area contributed by atoms with E-state index in [1.165, 1.54) is 0 Å². The summed E-state index contributed by atoms with van der Waals surface area (Å²) in [6.07, 6.45) is 3.05. The summed E-state index contributed by atoms with van der Waals surface area (Å²) in [5, 5.41) is 10.1. The molecule has 1 fully saturated rings. The van der Waals surface area contributed by atoms with E-state index in [4.69, 9.17) is 5.11 Å². The Morgan fingerprint density at radius 1 is 1.50 bits per heavy atom. The van der Waals surface area contributed by atoms with Crippen LogP contribution in [-0.4, -0.2) is 29.7 Å². The molecular formula is C10H14N2O4S2. The molecule has 0 unspecified atom stereocenters. The second kappa shape index (κ2) is 5.23. The molecule has 100 valence electrons. The fourth-order valence-corrected chi connectivity index (χ4v) is 4.50. The lowest BCUT2D eigenvalue weighted by Crippen LogP contribution is -2.25. The highest BCUT2D eigenvalue weighted by Gasteiger charge is 2.29. The van der Waals surface area contributed by atoms with Gasteiger partial charge in [0.1, 0.15) is 0 Å². The number of hydrogen-bond acceptors (Lipinski definition) is 5. The Bertz CT molecular complexity index is 532. The number of carboxylic acids is 1. The summed E-state index contributed by atoms with van der Waals surface area (Å²) in [5.74, 6) is -0.981. The molecule has 0 spiro atoms. The van der Waals surface area contributed by atoms with Crippen molar-refractivity contribution in [3.8, 4) is 0 Å². The van der Waals surface area contributed by atoms with Gasteiger partial charge in [-0.3, -0.25) is 9.52 Å². The number of thiazole rings is 1. The standard InChI is InChI=1S/C10H14N2O4S2/c13-9(14)5-7-6-17-10(11-7)12-18(15,16)8-3-1-2-4-8/h6,8H,1-5H2,(H,11,12)(H,13,14). The Hall–Kier alpha value is -1.15. The van der Waals surface area contributed by atoms with Crippen molar-refractivity contribution >= 4 is 32.5 Å². The molecule has 0 amide bonds. The Morgan fingerprint density at radius 3 is 2.78 bits per heavy atom. The van der Waals surface area contributed by atoms with E-state index in [-0.39, 0.29) is 16.8 Å². The fourth-order valence-electron chi connectivity index (χ4n) is 1.99. The van der Waals surface area contributed by atoms with Crippen LogP contribution in [0.25, 0.3) is 0 Å². The molecule has 0 atom stereocenters. The maximum absolute atomic E-state index is 12.0. The Morgan fingerprint density at radius 2 is 2.17 bits per heavy atom. The second-order valence-corrected chi connectivity index (χ2v) is 7.09. The van der Waals surface area contributed by atoms with Crippen LogP contribution < -0.4 is 4.72 Å². The third kappa shape index (κ3) is 3.20. The molecule has 2 rings (SSSR count). The molecule has 1 heterocycles. The van der Waals surface area contributed by atoms with E-state index in [0.717, 1.165) is 24.2 Å². The van der Waals surface area contributed by atoms with Gasteiger partial charge in [-0.1, -0.05) is 12.8 Å². The Balaban J connectivity index is 2.04. The Kier molecular flexibility index (Phi) is 3.86. The average molecular weight is 290 g/mol. The molecule has 0 radical (unpaired) electrons. The lowest BCUT2D eigenvalue weighted by molar-refractivity contribution is -0.136. The molecule has 1 aliphatic carbocycles. The van der Waals surface area contributed by atoms with E-state index >= 15 is 0 Å². The van der Waals surface area contributed by atoms with Gasteiger partial charge in [0.15, 0.2) is 5.13 Å². The fraction of sp³-hybridized carbons (Fsp3) is 0.600. The van der Waals surface area contributed by atoms with Crippen molar-refractivity contribution in [3.05, 3.63) is 11.1 Å². The van der Waals surface area contributed by atoms with Crippen LogP contribution in [-0.2, 0) is 21.2 Å². The molecule has 18 heavy (non-hydrogen) atoms. The molecule has 0 saturated heterocycles. The van der Waals surface area contributed by atoms with Crippen molar-refractivity contribution < 1.29 is 18.3 Å². The van der Waals surface area contributed by atoms with E-state index < -0.39 is 16.0 Å². The molecule has 1 aromatic heterocycles. The summed E-state index contributed by atoms with van der Waals surface area (Å²) >= 11 is 1.11. The van der Waals surface area contributed by atoms with Crippen LogP contribution in [0.2, 0.25) is 0 Å². The van der Waals surface area contributed by atoms with Crippen LogP contribution in [0.4, 0.5) is 5.13 Å². The highest BCUT2D eigenvalue weighted by Crippen LogP contribution is 2.27. The van der Waals surface area contributed by atoms with Gasteiger partial charge in [0.2, 0.25) is 10.0 Å². The first-order chi connectivity index (χ1) is 8.47. The number of rotatable bonds is 5. The first-order valence-electron chi connectivity index (χ1n) is 5.65. The normalized spacial score (nSPS) is 16.9. The number of nitrogens with zero attached hydrogens (tertiary/aromatic N) is 1. The lowest BCUT2D eigenvalue weighted by atomic mass is 10.3. The van der Waals surface area contributed by atoms with E-state index in [9.17, 15) is 13.2 Å². The van der Waals surface area contributed by atoms with Gasteiger partial charge in [-0.05, 0) is 12.8 Å². The summed E-state index contributed by atoms with van der Waals surface area (Å²) in [6, 6.07) is 0. The number of hydrogen-bond donors (Lipinski definition) is 2. The zero-order valence-electron chi connectivity index (χ0n) is 9.63. The first-order valence-corrected chi connectivity index (χ1v) is 8.08. The molecule has 1 saturated carbocycles. The van der Waals surface area contributed by atoms with Crippen molar-refractivity contribution in [2.45, 2.75) is 37.4 Å². The van der Waals surface area contributed by atoms with E-state index in [0.29, 0.717) is 18.5 Å². The summed E-state index contributed by atoms with van der Waals surface area (Å²) in [7, 11) is -3.38. The van der Waals surface area contributed by atoms with Gasteiger partial charge in [-0.15, -0.1) is 11.3 Å². The molecule has 8 heteroatoms. The largest absolute Gasteiger partial charge is 0.481 e. The van der Waals surface area contributed by atoms with Gasteiger partial charge in [-0.2, -0.15) is 0 Å². The molecule has 6 nitrogen and oxygen atoms in total. The summed E-state index contributed by atoms with van der Waals surface area (Å²) in [6.45, 7) is 0. The number of nitrogens with one attached hydrogen (secondary N) is 1. The number of anilines is 1. The maximum Gasteiger partial charge on any atom is 0.309 e. The van der Waals surface area contributed by atoms with Crippen LogP contribution in [0.15, 0.2) is 5.38 Å². The predicted octanol–water partition coefficient (Wildman–Crippen LogP) is 1.45. The van der Waals surface area contributed by atoms with Gasteiger partial charge in [0, 0.05) is 5.38 Å². The van der Waals surface area contributed by atoms with Gasteiger partial charge in [-0.25, -0.2) is 13.4 Å². The Labute approximate surface area is 109 Å². The number of carbonyl (C=O) groups is 1. The summed E-state index contributed by atoms with van der Waals surface area (Å²) in [4.78, 5) is 14.5. The number of aliphatic carboxylic acids is 1. The molecule has 2 N–H and O–H groups in total. The van der Waals surface area contributed by atoms with Crippen LogP contribution in [0.3, 0.4) is 0 Å². The number of aromatic nitrogens is 1. The van der Waals surface area contributed by atoms with Crippen molar-refractivity contribution in [2.75, 3.05) is 4.72 Å². The lowest BCUT2D eigenvalue weighted by Gasteiger charge is -2.10. The monoisotopic (exact) mass is 290 g/mol. The molecule has 1 aromatic rings. The highest BCUT2D eigenvalue weighted by molar-refractivity contribution is 7.93. The zero-order valence-corrected chi connectivity index (χ0v) is 11.3. The average Bonchev–Trinajstić information content (AvgIpc) is 2.87. The molecule has 0 aliphatic heterocycles. The van der Waals surface area contributed by atoms with Crippen molar-refractivity contribution in [1.82, 2.24) is 4.98 Å². The molecule has 0 aromatic carbocycles. The van der Waals surface area contributed by atoms with Gasteiger partial charge >= 0.3 is 5.97 Å². The van der Waals surface area contributed by atoms with Gasteiger partial charge in [0.05, 0.1) is 17.4 Å². The van der Waals surface area contributed by atoms with Crippen LogP contribution in [0.1, 0.15) is 31.4 Å².